The molecule has 1 aromatic heterocycles. The van der Waals surface area contributed by atoms with Crippen LogP contribution in [0.3, 0.4) is 0 Å². The third-order valence-electron chi connectivity index (χ3n) is 2.66. The second-order valence-corrected chi connectivity index (χ2v) is 4.53. The minimum absolute atomic E-state index is 0.204. The molecule has 1 amide bonds. The van der Waals surface area contributed by atoms with Crippen LogP contribution in [0.1, 0.15) is 49.3 Å². The Hall–Kier alpha value is -2.11. The lowest BCUT2D eigenvalue weighted by Crippen LogP contribution is -2.40. The number of H-pyrrole nitrogens is 1. The SMILES string of the molecule is C/C=C/CC(NC(=O)c1cc(C(C)C)[nH]n1)C(=O)O. The van der Waals surface area contributed by atoms with Crippen molar-refractivity contribution in [2.24, 2.45) is 0 Å². The summed E-state index contributed by atoms with van der Waals surface area (Å²) in [6.07, 6.45) is 3.69. The van der Waals surface area contributed by atoms with Crippen molar-refractivity contribution in [1.29, 1.82) is 0 Å². The van der Waals surface area contributed by atoms with Crippen molar-refractivity contribution in [3.63, 3.8) is 0 Å². The van der Waals surface area contributed by atoms with Gasteiger partial charge < -0.3 is 10.4 Å². The first-order chi connectivity index (χ1) is 8.95. The van der Waals surface area contributed by atoms with Gasteiger partial charge in [0.2, 0.25) is 0 Å². The number of carboxylic acids is 1. The van der Waals surface area contributed by atoms with E-state index in [1.807, 2.05) is 13.8 Å². The molecule has 104 valence electrons. The minimum Gasteiger partial charge on any atom is -0.480 e. The fraction of sp³-hybridized carbons (Fsp3) is 0.462. The zero-order valence-corrected chi connectivity index (χ0v) is 11.3. The Balaban J connectivity index is 2.72. The number of hydrogen-bond acceptors (Lipinski definition) is 3. The van der Waals surface area contributed by atoms with Gasteiger partial charge in [-0.15, -0.1) is 0 Å². The van der Waals surface area contributed by atoms with Crippen LogP contribution in [0.4, 0.5) is 0 Å². The first-order valence-corrected chi connectivity index (χ1v) is 6.15. The first-order valence-electron chi connectivity index (χ1n) is 6.15. The third-order valence-corrected chi connectivity index (χ3v) is 2.66. The lowest BCUT2D eigenvalue weighted by molar-refractivity contribution is -0.139. The number of carbonyl (C=O) groups excluding carboxylic acids is 1. The zero-order valence-electron chi connectivity index (χ0n) is 11.3. The van der Waals surface area contributed by atoms with Gasteiger partial charge in [-0.25, -0.2) is 4.79 Å². The van der Waals surface area contributed by atoms with Crippen molar-refractivity contribution >= 4 is 11.9 Å². The smallest absolute Gasteiger partial charge is 0.326 e. The number of aromatic nitrogens is 2. The summed E-state index contributed by atoms with van der Waals surface area (Å²) in [4.78, 5) is 22.9. The summed E-state index contributed by atoms with van der Waals surface area (Å²) in [6.45, 7) is 5.74. The van der Waals surface area contributed by atoms with E-state index in [4.69, 9.17) is 5.11 Å². The molecule has 1 aromatic rings. The monoisotopic (exact) mass is 265 g/mol. The minimum atomic E-state index is -1.06. The van der Waals surface area contributed by atoms with Crippen LogP contribution in [0.15, 0.2) is 18.2 Å². The van der Waals surface area contributed by atoms with Crippen LogP contribution < -0.4 is 5.32 Å². The number of amides is 1. The van der Waals surface area contributed by atoms with Crippen molar-refractivity contribution in [3.8, 4) is 0 Å². The van der Waals surface area contributed by atoms with E-state index in [1.165, 1.54) is 0 Å². The van der Waals surface area contributed by atoms with Crippen molar-refractivity contribution in [3.05, 3.63) is 29.6 Å². The summed E-state index contributed by atoms with van der Waals surface area (Å²) in [5.74, 6) is -1.32. The number of allylic oxidation sites excluding steroid dienone is 1. The molecular formula is C13H19N3O3. The molecule has 1 heterocycles. The van der Waals surface area contributed by atoms with Crippen molar-refractivity contribution in [2.75, 3.05) is 0 Å². The van der Waals surface area contributed by atoms with Gasteiger partial charge in [-0.05, 0) is 25.3 Å². The Labute approximate surface area is 111 Å². The number of nitrogens with one attached hydrogen (secondary N) is 2. The fourth-order valence-corrected chi connectivity index (χ4v) is 1.47. The first kappa shape index (κ1) is 14.9. The molecule has 1 unspecified atom stereocenters. The van der Waals surface area contributed by atoms with E-state index in [1.54, 1.807) is 25.1 Å². The molecule has 0 saturated heterocycles. The van der Waals surface area contributed by atoms with E-state index >= 15 is 0 Å². The molecule has 1 rings (SSSR count). The Morgan fingerprint density at radius 3 is 2.68 bits per heavy atom. The summed E-state index contributed by atoms with van der Waals surface area (Å²) >= 11 is 0. The van der Waals surface area contributed by atoms with Crippen molar-refractivity contribution < 1.29 is 14.7 Å². The number of carbonyl (C=O) groups is 2. The van der Waals surface area contributed by atoms with E-state index < -0.39 is 17.9 Å². The average molecular weight is 265 g/mol. The standard InChI is InChI=1S/C13H19N3O3/c1-4-5-6-9(13(18)19)14-12(17)11-7-10(8(2)3)15-16-11/h4-5,7-9H,6H2,1-3H3,(H,14,17)(H,15,16)(H,18,19)/b5-4+. The van der Waals surface area contributed by atoms with E-state index in [2.05, 4.69) is 15.5 Å². The van der Waals surface area contributed by atoms with Gasteiger partial charge in [0.05, 0.1) is 0 Å². The van der Waals surface area contributed by atoms with Gasteiger partial charge in [0, 0.05) is 5.69 Å². The molecule has 3 N–H and O–H groups in total. The van der Waals surface area contributed by atoms with E-state index in [9.17, 15) is 9.59 Å². The topological polar surface area (TPSA) is 95.1 Å². The van der Waals surface area contributed by atoms with Gasteiger partial charge >= 0.3 is 5.97 Å². The van der Waals surface area contributed by atoms with Crippen LogP contribution in [0.25, 0.3) is 0 Å². The van der Waals surface area contributed by atoms with E-state index in [0.717, 1.165) is 5.69 Å². The maximum Gasteiger partial charge on any atom is 0.326 e. The van der Waals surface area contributed by atoms with Crippen LogP contribution in [0, 0.1) is 0 Å². The normalized spacial score (nSPS) is 12.8. The number of hydrogen-bond donors (Lipinski definition) is 3. The number of nitrogens with zero attached hydrogens (tertiary/aromatic N) is 1. The molecule has 0 aliphatic heterocycles. The molecule has 0 aromatic carbocycles. The quantitative estimate of drug-likeness (QED) is 0.682. The Bertz CT molecular complexity index is 477. The second-order valence-electron chi connectivity index (χ2n) is 4.53. The van der Waals surface area contributed by atoms with Gasteiger partial charge in [-0.1, -0.05) is 26.0 Å². The molecule has 6 nitrogen and oxygen atoms in total. The van der Waals surface area contributed by atoms with Crippen molar-refractivity contribution in [1.82, 2.24) is 15.5 Å². The van der Waals surface area contributed by atoms with E-state index in [-0.39, 0.29) is 18.0 Å². The number of aromatic amines is 1. The van der Waals surface area contributed by atoms with Crippen LogP contribution >= 0.6 is 0 Å². The number of aliphatic carboxylic acids is 1. The van der Waals surface area contributed by atoms with Gasteiger partial charge in [-0.2, -0.15) is 5.10 Å². The van der Waals surface area contributed by atoms with Gasteiger partial charge in [0.15, 0.2) is 0 Å². The lowest BCUT2D eigenvalue weighted by Gasteiger charge is -2.11. The molecule has 0 radical (unpaired) electrons. The summed E-state index contributed by atoms with van der Waals surface area (Å²) in [7, 11) is 0. The highest BCUT2D eigenvalue weighted by molar-refractivity contribution is 5.95. The zero-order chi connectivity index (χ0) is 14.4. The summed E-state index contributed by atoms with van der Waals surface area (Å²) < 4.78 is 0. The highest BCUT2D eigenvalue weighted by Crippen LogP contribution is 2.12. The van der Waals surface area contributed by atoms with Crippen LogP contribution in [0.2, 0.25) is 0 Å². The lowest BCUT2D eigenvalue weighted by atomic mass is 10.1. The van der Waals surface area contributed by atoms with Gasteiger partial charge in [0.1, 0.15) is 11.7 Å². The predicted octanol–water partition coefficient (Wildman–Crippen LogP) is 1.68. The molecular weight excluding hydrogens is 246 g/mol. The van der Waals surface area contributed by atoms with Gasteiger partial charge in [-0.3, -0.25) is 9.89 Å². The molecule has 0 bridgehead atoms. The Kier molecular flexibility index (Phi) is 5.29. The van der Waals surface area contributed by atoms with Gasteiger partial charge in [0.25, 0.3) is 5.91 Å². The number of rotatable bonds is 6. The molecule has 0 fully saturated rings. The molecule has 1 atom stereocenters. The third kappa shape index (κ3) is 4.24. The van der Waals surface area contributed by atoms with Crippen LogP contribution in [-0.2, 0) is 4.79 Å². The maximum absolute atomic E-state index is 11.9. The summed E-state index contributed by atoms with van der Waals surface area (Å²) in [5, 5.41) is 18.1. The molecule has 0 aliphatic rings. The van der Waals surface area contributed by atoms with Crippen LogP contribution in [0.5, 0.6) is 0 Å². The van der Waals surface area contributed by atoms with Crippen molar-refractivity contribution in [2.45, 2.75) is 39.2 Å². The predicted molar refractivity (Wildman–Crippen MR) is 71.0 cm³/mol. The summed E-state index contributed by atoms with van der Waals surface area (Å²) in [5.41, 5.74) is 1.04. The highest BCUT2D eigenvalue weighted by Gasteiger charge is 2.21. The second kappa shape index (κ2) is 6.72. The molecule has 0 spiro atoms. The van der Waals surface area contributed by atoms with E-state index in [0.29, 0.717) is 0 Å². The highest BCUT2D eigenvalue weighted by atomic mass is 16.4. The Morgan fingerprint density at radius 1 is 1.53 bits per heavy atom. The fourth-order valence-electron chi connectivity index (χ4n) is 1.47. The largest absolute Gasteiger partial charge is 0.480 e. The molecule has 0 aliphatic carbocycles. The van der Waals surface area contributed by atoms with Crippen LogP contribution in [-0.4, -0.2) is 33.2 Å². The summed E-state index contributed by atoms with van der Waals surface area (Å²) in [6, 6.07) is 0.692. The molecule has 6 heteroatoms. The Morgan fingerprint density at radius 2 is 2.21 bits per heavy atom. The average Bonchev–Trinajstić information content (AvgIpc) is 2.83. The number of carboxylic acid groups (broad SMARTS) is 1. The molecule has 19 heavy (non-hydrogen) atoms. The molecule has 0 saturated carbocycles. The maximum atomic E-state index is 11.9.